The van der Waals surface area contributed by atoms with E-state index in [-0.39, 0.29) is 17.7 Å². The molecule has 0 amide bonds. The molecule has 0 saturated carbocycles. The van der Waals surface area contributed by atoms with Gasteiger partial charge in [-0.05, 0) is 24.5 Å². The number of rotatable bonds is 5. The van der Waals surface area contributed by atoms with Crippen LogP contribution in [0.5, 0.6) is 0 Å². The molecule has 0 saturated heterocycles. The predicted molar refractivity (Wildman–Crippen MR) is 65.2 cm³/mol. The highest BCUT2D eigenvalue weighted by Crippen LogP contribution is 2.18. The summed E-state index contributed by atoms with van der Waals surface area (Å²) in [5, 5.41) is 0. The lowest BCUT2D eigenvalue weighted by molar-refractivity contribution is -0.120. The third-order valence-electron chi connectivity index (χ3n) is 2.50. The summed E-state index contributed by atoms with van der Waals surface area (Å²) >= 11 is 1.71. The molecule has 1 aromatic rings. The van der Waals surface area contributed by atoms with Crippen LogP contribution in [0.15, 0.2) is 12.1 Å². The van der Waals surface area contributed by atoms with Crippen molar-refractivity contribution < 1.29 is 4.79 Å². The molecule has 0 bridgehead atoms. The van der Waals surface area contributed by atoms with Gasteiger partial charge in [-0.1, -0.05) is 20.8 Å². The fourth-order valence-electron chi connectivity index (χ4n) is 1.37. The van der Waals surface area contributed by atoms with Crippen molar-refractivity contribution in [3.63, 3.8) is 0 Å². The number of Topliss-reactive ketones (excluding diaryl/α,β-unsaturated/α-hetero) is 1. The first-order valence-corrected chi connectivity index (χ1v) is 6.22. The zero-order valence-corrected chi connectivity index (χ0v) is 10.4. The van der Waals surface area contributed by atoms with Gasteiger partial charge in [-0.15, -0.1) is 11.3 Å². The average molecular weight is 225 g/mol. The molecule has 0 aliphatic heterocycles. The topological polar surface area (TPSA) is 43.1 Å². The molecule has 1 heterocycles. The highest BCUT2D eigenvalue weighted by atomic mass is 32.1. The number of hydrogen-bond acceptors (Lipinski definition) is 3. The zero-order chi connectivity index (χ0) is 11.4. The van der Waals surface area contributed by atoms with Crippen LogP contribution in [0.1, 0.15) is 30.5 Å². The van der Waals surface area contributed by atoms with Crippen molar-refractivity contribution in [1.82, 2.24) is 0 Å². The molecule has 2 N–H and O–H groups in total. The number of aryl methyl sites for hydroxylation is 1. The van der Waals surface area contributed by atoms with Crippen LogP contribution in [0.4, 0.5) is 0 Å². The van der Waals surface area contributed by atoms with Crippen molar-refractivity contribution in [3.8, 4) is 0 Å². The first-order chi connectivity index (χ1) is 7.04. The number of thiophene rings is 1. The van der Waals surface area contributed by atoms with Gasteiger partial charge in [0.25, 0.3) is 0 Å². The van der Waals surface area contributed by atoms with Crippen molar-refractivity contribution in [2.75, 3.05) is 0 Å². The van der Waals surface area contributed by atoms with Crippen LogP contribution >= 0.6 is 11.3 Å². The lowest BCUT2D eigenvalue weighted by Gasteiger charge is -2.13. The van der Waals surface area contributed by atoms with E-state index in [4.69, 9.17) is 5.73 Å². The van der Waals surface area contributed by atoms with Crippen molar-refractivity contribution in [2.24, 2.45) is 11.7 Å². The smallest absolute Gasteiger partial charge is 0.154 e. The van der Waals surface area contributed by atoms with Crippen LogP contribution in [0.2, 0.25) is 0 Å². The van der Waals surface area contributed by atoms with Crippen LogP contribution in [0.25, 0.3) is 0 Å². The fourth-order valence-corrected chi connectivity index (χ4v) is 2.34. The normalized spacial score (nSPS) is 13.1. The minimum atomic E-state index is -0.322. The standard InChI is InChI=1S/C12H19NOS/c1-4-9-5-6-10(15-9)7-11(14)12(13)8(2)3/h5-6,8,12H,4,7,13H2,1-3H3. The second-order valence-electron chi connectivity index (χ2n) is 4.13. The zero-order valence-electron chi connectivity index (χ0n) is 9.62. The van der Waals surface area contributed by atoms with Crippen molar-refractivity contribution in [3.05, 3.63) is 21.9 Å². The molecule has 84 valence electrons. The van der Waals surface area contributed by atoms with Gasteiger partial charge in [0.2, 0.25) is 0 Å². The summed E-state index contributed by atoms with van der Waals surface area (Å²) in [6, 6.07) is 3.81. The molecular formula is C12H19NOS. The maximum atomic E-state index is 11.7. The molecule has 0 aliphatic carbocycles. The van der Waals surface area contributed by atoms with Crippen LogP contribution in [-0.4, -0.2) is 11.8 Å². The van der Waals surface area contributed by atoms with E-state index < -0.39 is 0 Å². The Morgan fingerprint density at radius 2 is 2.00 bits per heavy atom. The third kappa shape index (κ3) is 3.43. The van der Waals surface area contributed by atoms with Gasteiger partial charge >= 0.3 is 0 Å². The minimum absolute atomic E-state index is 0.148. The average Bonchev–Trinajstić information content (AvgIpc) is 2.64. The summed E-state index contributed by atoms with van der Waals surface area (Å²) in [6.45, 7) is 6.08. The first kappa shape index (κ1) is 12.4. The highest BCUT2D eigenvalue weighted by molar-refractivity contribution is 7.12. The molecule has 3 heteroatoms. The Labute approximate surface area is 95.5 Å². The van der Waals surface area contributed by atoms with Crippen molar-refractivity contribution >= 4 is 17.1 Å². The van der Waals surface area contributed by atoms with Gasteiger partial charge in [-0.2, -0.15) is 0 Å². The SMILES string of the molecule is CCc1ccc(CC(=O)C(N)C(C)C)s1. The molecule has 1 atom stereocenters. The number of hydrogen-bond donors (Lipinski definition) is 1. The van der Waals surface area contributed by atoms with Gasteiger partial charge < -0.3 is 5.73 Å². The summed E-state index contributed by atoms with van der Waals surface area (Å²) in [4.78, 5) is 14.2. The summed E-state index contributed by atoms with van der Waals surface area (Å²) in [5.74, 6) is 0.373. The van der Waals surface area contributed by atoms with Crippen LogP contribution in [0, 0.1) is 5.92 Å². The number of ketones is 1. The van der Waals surface area contributed by atoms with Gasteiger partial charge in [0.1, 0.15) is 0 Å². The summed E-state index contributed by atoms with van der Waals surface area (Å²) in [5.41, 5.74) is 5.80. The van der Waals surface area contributed by atoms with Crippen LogP contribution < -0.4 is 5.73 Å². The molecule has 0 aromatic carbocycles. The third-order valence-corrected chi connectivity index (χ3v) is 3.73. The Morgan fingerprint density at radius 3 is 2.47 bits per heavy atom. The lowest BCUT2D eigenvalue weighted by Crippen LogP contribution is -2.36. The van der Waals surface area contributed by atoms with Crippen LogP contribution in [-0.2, 0) is 17.6 Å². The largest absolute Gasteiger partial charge is 0.321 e. The van der Waals surface area contributed by atoms with Crippen molar-refractivity contribution in [2.45, 2.75) is 39.7 Å². The van der Waals surface area contributed by atoms with Crippen molar-refractivity contribution in [1.29, 1.82) is 0 Å². The van der Waals surface area contributed by atoms with E-state index >= 15 is 0 Å². The Kier molecular flexibility index (Phi) is 4.48. The molecule has 1 unspecified atom stereocenters. The maximum Gasteiger partial charge on any atom is 0.154 e. The van der Waals surface area contributed by atoms with Gasteiger partial charge in [0.05, 0.1) is 6.04 Å². The first-order valence-electron chi connectivity index (χ1n) is 5.40. The van der Waals surface area contributed by atoms with Gasteiger partial charge in [-0.3, -0.25) is 4.79 Å². The van der Waals surface area contributed by atoms with E-state index in [0.29, 0.717) is 6.42 Å². The second-order valence-corrected chi connectivity index (χ2v) is 5.39. The molecule has 0 radical (unpaired) electrons. The Balaban J connectivity index is 2.58. The van der Waals surface area contributed by atoms with E-state index in [1.807, 2.05) is 19.9 Å². The monoisotopic (exact) mass is 225 g/mol. The fraction of sp³-hybridized carbons (Fsp3) is 0.583. The molecule has 2 nitrogen and oxygen atoms in total. The van der Waals surface area contributed by atoms with E-state index in [2.05, 4.69) is 13.0 Å². The van der Waals surface area contributed by atoms with Gasteiger partial charge in [-0.25, -0.2) is 0 Å². The van der Waals surface area contributed by atoms with E-state index in [0.717, 1.165) is 11.3 Å². The highest BCUT2D eigenvalue weighted by Gasteiger charge is 2.17. The second kappa shape index (κ2) is 5.42. The van der Waals surface area contributed by atoms with Crippen LogP contribution in [0.3, 0.4) is 0 Å². The lowest BCUT2D eigenvalue weighted by atomic mass is 9.99. The molecule has 0 spiro atoms. The van der Waals surface area contributed by atoms with Gasteiger partial charge in [0.15, 0.2) is 5.78 Å². The van der Waals surface area contributed by atoms with E-state index in [9.17, 15) is 4.79 Å². The summed E-state index contributed by atoms with van der Waals surface area (Å²) in [7, 11) is 0. The molecule has 0 fully saturated rings. The van der Waals surface area contributed by atoms with E-state index in [1.54, 1.807) is 11.3 Å². The Morgan fingerprint density at radius 1 is 1.40 bits per heavy atom. The Bertz CT molecular complexity index is 330. The quantitative estimate of drug-likeness (QED) is 0.836. The predicted octanol–water partition coefficient (Wildman–Crippen LogP) is 2.41. The molecule has 1 aromatic heterocycles. The Hall–Kier alpha value is -0.670. The molecule has 0 aliphatic rings. The minimum Gasteiger partial charge on any atom is -0.321 e. The molecule has 15 heavy (non-hydrogen) atoms. The summed E-state index contributed by atoms with van der Waals surface area (Å²) in [6.07, 6.45) is 1.53. The number of nitrogens with two attached hydrogens (primary N) is 1. The maximum absolute atomic E-state index is 11.7. The number of carbonyl (C=O) groups is 1. The van der Waals surface area contributed by atoms with Gasteiger partial charge in [0, 0.05) is 16.2 Å². The van der Waals surface area contributed by atoms with E-state index in [1.165, 1.54) is 4.88 Å². The summed E-state index contributed by atoms with van der Waals surface area (Å²) < 4.78 is 0. The number of carbonyl (C=O) groups excluding carboxylic acids is 1. The molecule has 1 rings (SSSR count). The molecular weight excluding hydrogens is 206 g/mol.